The molecule has 0 aliphatic carbocycles. The molecule has 24 heavy (non-hydrogen) atoms. The van der Waals surface area contributed by atoms with Crippen molar-refractivity contribution in [2.75, 3.05) is 0 Å². The Morgan fingerprint density at radius 2 is 1.79 bits per heavy atom. The number of pyridine rings is 1. The first-order chi connectivity index (χ1) is 11.5. The van der Waals surface area contributed by atoms with Crippen LogP contribution in [0.25, 0.3) is 0 Å². The second kappa shape index (κ2) is 6.43. The van der Waals surface area contributed by atoms with Crippen molar-refractivity contribution < 1.29 is 9.59 Å². The Bertz CT molecular complexity index is 729. The molecule has 3 amide bonds. The topological polar surface area (TPSA) is 62.3 Å². The van der Waals surface area contributed by atoms with E-state index in [1.165, 1.54) is 4.90 Å². The Balaban J connectivity index is 1.68. The summed E-state index contributed by atoms with van der Waals surface area (Å²) in [5.74, 6) is -0.129. The van der Waals surface area contributed by atoms with Gasteiger partial charge in [-0.25, -0.2) is 4.79 Å². The van der Waals surface area contributed by atoms with E-state index in [1.54, 1.807) is 12.4 Å². The fraction of sp³-hybridized carbons (Fsp3) is 0.316. The third-order valence-corrected chi connectivity index (χ3v) is 4.60. The number of nitrogens with zero attached hydrogens (tertiary/aromatic N) is 2. The van der Waals surface area contributed by atoms with Gasteiger partial charge >= 0.3 is 6.03 Å². The highest BCUT2D eigenvalue weighted by Crippen LogP contribution is 2.40. The van der Waals surface area contributed by atoms with E-state index >= 15 is 0 Å². The van der Waals surface area contributed by atoms with Crippen LogP contribution in [0, 0.1) is 5.41 Å². The lowest BCUT2D eigenvalue weighted by Crippen LogP contribution is -2.70. The van der Waals surface area contributed by atoms with Gasteiger partial charge in [0.05, 0.1) is 11.5 Å². The maximum atomic E-state index is 12.5. The summed E-state index contributed by atoms with van der Waals surface area (Å²) in [7, 11) is 0. The Morgan fingerprint density at radius 1 is 1.12 bits per heavy atom. The van der Waals surface area contributed by atoms with Crippen LogP contribution in [0.5, 0.6) is 0 Å². The first-order valence-corrected chi connectivity index (χ1v) is 8.04. The van der Waals surface area contributed by atoms with Crippen molar-refractivity contribution >= 4 is 11.9 Å². The van der Waals surface area contributed by atoms with Gasteiger partial charge in [-0.05, 0) is 43.5 Å². The molecule has 0 spiro atoms. The van der Waals surface area contributed by atoms with Crippen LogP contribution in [0.15, 0.2) is 54.9 Å². The summed E-state index contributed by atoms with van der Waals surface area (Å²) in [4.78, 5) is 30.2. The summed E-state index contributed by atoms with van der Waals surface area (Å²) in [6.45, 7) is 4.18. The minimum Gasteiger partial charge on any atom is -0.334 e. The van der Waals surface area contributed by atoms with Crippen molar-refractivity contribution in [3.63, 3.8) is 0 Å². The van der Waals surface area contributed by atoms with E-state index in [4.69, 9.17) is 0 Å². The molecule has 1 aromatic carbocycles. The Hall–Kier alpha value is -2.69. The van der Waals surface area contributed by atoms with E-state index in [-0.39, 0.29) is 18.0 Å². The van der Waals surface area contributed by atoms with Gasteiger partial charge in [0.25, 0.3) is 0 Å². The third-order valence-electron chi connectivity index (χ3n) is 4.60. The minimum absolute atomic E-state index is 0.129. The van der Waals surface area contributed by atoms with Crippen LogP contribution in [0.2, 0.25) is 0 Å². The van der Waals surface area contributed by atoms with E-state index in [0.29, 0.717) is 13.0 Å². The highest BCUT2D eigenvalue weighted by atomic mass is 16.2. The highest BCUT2D eigenvalue weighted by Gasteiger charge is 2.56. The number of hydrogen-bond donors (Lipinski definition) is 1. The monoisotopic (exact) mass is 323 g/mol. The second-order valence-electron chi connectivity index (χ2n) is 6.62. The summed E-state index contributed by atoms with van der Waals surface area (Å²) in [5.41, 5.74) is 1.55. The van der Waals surface area contributed by atoms with Gasteiger partial charge in [0.15, 0.2) is 0 Å². The number of β-lactam (4-membered cyclic amide) rings is 1. The number of urea groups is 1. The number of benzene rings is 1. The number of nitrogens with one attached hydrogen (secondary N) is 1. The van der Waals surface area contributed by atoms with Gasteiger partial charge in [-0.1, -0.05) is 30.3 Å². The lowest BCUT2D eigenvalue weighted by Gasteiger charge is -2.51. The fourth-order valence-corrected chi connectivity index (χ4v) is 3.03. The summed E-state index contributed by atoms with van der Waals surface area (Å²) < 4.78 is 0. The van der Waals surface area contributed by atoms with Gasteiger partial charge in [0.1, 0.15) is 0 Å². The zero-order valence-corrected chi connectivity index (χ0v) is 13.9. The number of rotatable bonds is 4. The van der Waals surface area contributed by atoms with E-state index in [0.717, 1.165) is 11.1 Å². The maximum absolute atomic E-state index is 12.5. The molecule has 0 radical (unpaired) electrons. The zero-order chi connectivity index (χ0) is 17.2. The molecule has 0 unspecified atom stereocenters. The summed E-state index contributed by atoms with van der Waals surface area (Å²) in [6, 6.07) is 13.1. The number of carbonyl (C=O) groups is 2. The molecule has 1 atom stereocenters. The van der Waals surface area contributed by atoms with Crippen molar-refractivity contribution in [1.82, 2.24) is 15.2 Å². The van der Waals surface area contributed by atoms with Gasteiger partial charge in [0.2, 0.25) is 5.91 Å². The smallest absolute Gasteiger partial charge is 0.324 e. The Morgan fingerprint density at radius 3 is 2.46 bits per heavy atom. The quantitative estimate of drug-likeness (QED) is 0.880. The summed E-state index contributed by atoms with van der Waals surface area (Å²) >= 11 is 0. The second-order valence-corrected chi connectivity index (χ2v) is 6.62. The van der Waals surface area contributed by atoms with Crippen LogP contribution < -0.4 is 5.32 Å². The number of carbonyl (C=O) groups excluding carboxylic acids is 2. The van der Waals surface area contributed by atoms with Crippen molar-refractivity contribution in [1.29, 1.82) is 0 Å². The largest absolute Gasteiger partial charge is 0.334 e. The first kappa shape index (κ1) is 16.2. The van der Waals surface area contributed by atoms with Crippen LogP contribution in [0.3, 0.4) is 0 Å². The molecule has 1 aliphatic rings. The Labute approximate surface area is 141 Å². The van der Waals surface area contributed by atoms with Crippen LogP contribution in [0.1, 0.15) is 25.0 Å². The van der Waals surface area contributed by atoms with Crippen LogP contribution in [-0.2, 0) is 17.8 Å². The standard InChI is InChI=1S/C19H21N3O2/c1-19(2)16(12-14-6-4-3-5-7-14)22(17(19)23)18(24)21-13-15-8-10-20-11-9-15/h3-11,16H,12-13H2,1-2H3,(H,21,24)/t16-/m0/s1. The third kappa shape index (κ3) is 3.02. The molecule has 1 fully saturated rings. The molecule has 5 heteroatoms. The molecule has 124 valence electrons. The van der Waals surface area contributed by atoms with Gasteiger partial charge in [0, 0.05) is 18.9 Å². The molecule has 2 heterocycles. The van der Waals surface area contributed by atoms with Crippen molar-refractivity contribution in [2.24, 2.45) is 5.41 Å². The van der Waals surface area contributed by atoms with Crippen LogP contribution >= 0.6 is 0 Å². The van der Waals surface area contributed by atoms with Gasteiger partial charge in [-0.2, -0.15) is 0 Å². The molecule has 2 aromatic rings. The molecular formula is C19H21N3O2. The zero-order valence-electron chi connectivity index (χ0n) is 13.9. The average Bonchev–Trinajstić information content (AvgIpc) is 2.61. The highest BCUT2D eigenvalue weighted by molar-refractivity contribution is 6.03. The fourth-order valence-electron chi connectivity index (χ4n) is 3.03. The molecule has 3 rings (SSSR count). The lowest BCUT2D eigenvalue weighted by molar-refractivity contribution is -0.160. The van der Waals surface area contributed by atoms with Gasteiger partial charge in [-0.15, -0.1) is 0 Å². The molecule has 1 aromatic heterocycles. The van der Waals surface area contributed by atoms with Gasteiger partial charge in [-0.3, -0.25) is 14.7 Å². The first-order valence-electron chi connectivity index (χ1n) is 8.04. The normalized spacial score (nSPS) is 18.8. The minimum atomic E-state index is -0.524. The number of likely N-dealkylation sites (tertiary alicyclic amines) is 1. The lowest BCUT2D eigenvalue weighted by atomic mass is 9.71. The predicted octanol–water partition coefficient (Wildman–Crippen LogP) is 2.77. The number of imide groups is 1. The molecule has 5 nitrogen and oxygen atoms in total. The SMILES string of the molecule is CC1(C)C(=O)N(C(=O)NCc2ccncc2)[C@H]1Cc1ccccc1. The Kier molecular flexibility index (Phi) is 4.34. The maximum Gasteiger partial charge on any atom is 0.324 e. The number of amides is 3. The van der Waals surface area contributed by atoms with Crippen molar-refractivity contribution in [3.05, 3.63) is 66.0 Å². The average molecular weight is 323 g/mol. The summed E-state index contributed by atoms with van der Waals surface area (Å²) in [5, 5.41) is 2.82. The van der Waals surface area contributed by atoms with Crippen molar-refractivity contribution in [3.8, 4) is 0 Å². The predicted molar refractivity (Wildman–Crippen MR) is 91.0 cm³/mol. The molecule has 1 N–H and O–H groups in total. The van der Waals surface area contributed by atoms with Crippen molar-refractivity contribution in [2.45, 2.75) is 32.9 Å². The summed E-state index contributed by atoms with van der Waals surface area (Å²) in [6.07, 6.45) is 4.03. The van der Waals surface area contributed by atoms with E-state index in [1.807, 2.05) is 56.3 Å². The molecular weight excluding hydrogens is 302 g/mol. The molecule has 0 bridgehead atoms. The van der Waals surface area contributed by atoms with E-state index < -0.39 is 5.41 Å². The van der Waals surface area contributed by atoms with E-state index in [9.17, 15) is 9.59 Å². The molecule has 1 saturated heterocycles. The molecule has 1 aliphatic heterocycles. The van der Waals surface area contributed by atoms with E-state index in [2.05, 4.69) is 10.3 Å². The van der Waals surface area contributed by atoms with Gasteiger partial charge < -0.3 is 5.32 Å². The van der Waals surface area contributed by atoms with Crippen LogP contribution in [-0.4, -0.2) is 27.9 Å². The number of aromatic nitrogens is 1. The number of hydrogen-bond acceptors (Lipinski definition) is 3. The molecule has 0 saturated carbocycles. The van der Waals surface area contributed by atoms with Crippen LogP contribution in [0.4, 0.5) is 4.79 Å².